The summed E-state index contributed by atoms with van der Waals surface area (Å²) < 4.78 is 0. The van der Waals surface area contributed by atoms with Crippen LogP contribution >= 0.6 is 0 Å². The van der Waals surface area contributed by atoms with E-state index in [0.29, 0.717) is 11.0 Å². The van der Waals surface area contributed by atoms with Crippen molar-refractivity contribution < 1.29 is 0 Å². The monoisotopic (exact) mass is 278 g/mol. The maximum Gasteiger partial charge on any atom is 0.0190 e. The van der Waals surface area contributed by atoms with Crippen molar-refractivity contribution in [1.29, 1.82) is 0 Å². The zero-order valence-corrected chi connectivity index (χ0v) is 14.1. The highest BCUT2D eigenvalue weighted by Crippen LogP contribution is 2.32. The predicted octanol–water partition coefficient (Wildman–Crippen LogP) is 3.98. The molecule has 2 nitrogen and oxygen atoms in total. The minimum absolute atomic E-state index is 0.363. The molecular formula is C18H34N2. The molecule has 0 amide bonds. The zero-order valence-electron chi connectivity index (χ0n) is 14.1. The van der Waals surface area contributed by atoms with Gasteiger partial charge in [0, 0.05) is 25.2 Å². The van der Waals surface area contributed by atoms with Gasteiger partial charge in [-0.3, -0.25) is 4.90 Å². The van der Waals surface area contributed by atoms with Gasteiger partial charge >= 0.3 is 0 Å². The van der Waals surface area contributed by atoms with E-state index in [4.69, 9.17) is 0 Å². The lowest BCUT2D eigenvalue weighted by Gasteiger charge is -2.40. The molecular weight excluding hydrogens is 244 g/mol. The molecule has 2 aliphatic rings. The first kappa shape index (κ1) is 16.0. The van der Waals surface area contributed by atoms with Crippen molar-refractivity contribution in [2.24, 2.45) is 5.41 Å². The number of hydrogen-bond acceptors (Lipinski definition) is 2. The molecule has 0 atom stereocenters. The van der Waals surface area contributed by atoms with Gasteiger partial charge in [0.1, 0.15) is 0 Å². The number of hydrogen-bond donors (Lipinski definition) is 1. The van der Waals surface area contributed by atoms with Crippen LogP contribution in [0.25, 0.3) is 0 Å². The summed E-state index contributed by atoms with van der Waals surface area (Å²) in [6.07, 6.45) is 12.1. The Balaban J connectivity index is 1.82. The SMILES string of the molecule is CNC1(CCN2CC=C(C(C)(C)C)CC2)CCCCC1. The topological polar surface area (TPSA) is 15.3 Å². The summed E-state index contributed by atoms with van der Waals surface area (Å²) in [6, 6.07) is 0. The second kappa shape index (κ2) is 6.62. The molecule has 0 unspecified atom stereocenters. The lowest BCUT2D eigenvalue weighted by molar-refractivity contribution is 0.185. The molecule has 0 spiro atoms. The van der Waals surface area contributed by atoms with Crippen molar-refractivity contribution in [3.8, 4) is 0 Å². The Hall–Kier alpha value is -0.340. The maximum absolute atomic E-state index is 3.65. The molecule has 20 heavy (non-hydrogen) atoms. The fraction of sp³-hybridized carbons (Fsp3) is 0.889. The van der Waals surface area contributed by atoms with Gasteiger partial charge < -0.3 is 5.32 Å². The molecule has 1 aliphatic heterocycles. The normalized spacial score (nSPS) is 24.5. The van der Waals surface area contributed by atoms with Gasteiger partial charge in [-0.1, -0.05) is 51.7 Å². The predicted molar refractivity (Wildman–Crippen MR) is 88.1 cm³/mol. The second-order valence-corrected chi connectivity index (χ2v) is 7.87. The quantitative estimate of drug-likeness (QED) is 0.783. The Labute approximate surface area is 126 Å². The minimum atomic E-state index is 0.363. The summed E-state index contributed by atoms with van der Waals surface area (Å²) in [4.78, 5) is 2.64. The van der Waals surface area contributed by atoms with E-state index in [1.165, 1.54) is 58.0 Å². The highest BCUT2D eigenvalue weighted by atomic mass is 15.1. The fourth-order valence-electron chi connectivity index (χ4n) is 3.82. The third kappa shape index (κ3) is 4.08. The van der Waals surface area contributed by atoms with Gasteiger partial charge in [-0.05, 0) is 38.1 Å². The molecule has 0 radical (unpaired) electrons. The maximum atomic E-state index is 3.65. The van der Waals surface area contributed by atoms with Crippen LogP contribution < -0.4 is 5.32 Å². The molecule has 1 N–H and O–H groups in total. The molecule has 0 aromatic rings. The van der Waals surface area contributed by atoms with Crippen LogP contribution in [-0.2, 0) is 0 Å². The highest BCUT2D eigenvalue weighted by molar-refractivity contribution is 5.14. The third-order valence-corrected chi connectivity index (χ3v) is 5.50. The van der Waals surface area contributed by atoms with E-state index in [9.17, 15) is 0 Å². The van der Waals surface area contributed by atoms with E-state index in [0.717, 1.165) is 6.54 Å². The van der Waals surface area contributed by atoms with E-state index < -0.39 is 0 Å². The second-order valence-electron chi connectivity index (χ2n) is 7.87. The molecule has 0 aromatic heterocycles. The molecule has 0 bridgehead atoms. The van der Waals surface area contributed by atoms with Gasteiger partial charge in [0.2, 0.25) is 0 Å². The summed E-state index contributed by atoms with van der Waals surface area (Å²) >= 11 is 0. The average Bonchev–Trinajstić information content (AvgIpc) is 2.46. The minimum Gasteiger partial charge on any atom is -0.314 e. The van der Waals surface area contributed by atoms with E-state index in [2.05, 4.69) is 44.1 Å². The lowest BCUT2D eigenvalue weighted by atomic mass is 9.79. The van der Waals surface area contributed by atoms with Gasteiger partial charge in [0.15, 0.2) is 0 Å². The summed E-state index contributed by atoms with van der Waals surface area (Å²) in [5.74, 6) is 0. The van der Waals surface area contributed by atoms with Crippen LogP contribution in [-0.4, -0.2) is 37.1 Å². The third-order valence-electron chi connectivity index (χ3n) is 5.50. The van der Waals surface area contributed by atoms with Gasteiger partial charge in [-0.2, -0.15) is 0 Å². The van der Waals surface area contributed by atoms with Crippen LogP contribution in [0, 0.1) is 5.41 Å². The standard InChI is InChI=1S/C18H34N2/c1-17(2,3)16-8-13-20(14-9-16)15-12-18(19-4)10-6-5-7-11-18/h8,19H,5-7,9-15H2,1-4H3. The van der Waals surface area contributed by atoms with Crippen LogP contribution in [0.1, 0.15) is 65.7 Å². The Morgan fingerprint density at radius 1 is 1.20 bits per heavy atom. The van der Waals surface area contributed by atoms with Crippen LogP contribution in [0.4, 0.5) is 0 Å². The molecule has 1 heterocycles. The Morgan fingerprint density at radius 3 is 2.40 bits per heavy atom. The van der Waals surface area contributed by atoms with Crippen molar-refractivity contribution in [2.45, 2.75) is 71.3 Å². The average molecular weight is 278 g/mol. The first-order valence-electron chi connectivity index (χ1n) is 8.56. The first-order valence-corrected chi connectivity index (χ1v) is 8.56. The lowest BCUT2D eigenvalue weighted by Crippen LogP contribution is -2.47. The van der Waals surface area contributed by atoms with Gasteiger partial charge in [0.25, 0.3) is 0 Å². The van der Waals surface area contributed by atoms with Crippen molar-refractivity contribution in [1.82, 2.24) is 10.2 Å². The molecule has 0 saturated heterocycles. The van der Waals surface area contributed by atoms with Gasteiger partial charge in [0.05, 0.1) is 0 Å². The van der Waals surface area contributed by atoms with Crippen molar-refractivity contribution in [3.63, 3.8) is 0 Å². The molecule has 2 heteroatoms. The first-order chi connectivity index (χ1) is 9.45. The molecule has 116 valence electrons. The van der Waals surface area contributed by atoms with Gasteiger partial charge in [-0.25, -0.2) is 0 Å². The Kier molecular flexibility index (Phi) is 5.30. The van der Waals surface area contributed by atoms with E-state index in [1.54, 1.807) is 5.57 Å². The van der Waals surface area contributed by atoms with Crippen LogP contribution in [0.3, 0.4) is 0 Å². The zero-order chi connectivity index (χ0) is 14.6. The van der Waals surface area contributed by atoms with Crippen LogP contribution in [0.15, 0.2) is 11.6 Å². The summed E-state index contributed by atoms with van der Waals surface area (Å²) in [5, 5.41) is 3.65. The Morgan fingerprint density at radius 2 is 1.90 bits per heavy atom. The largest absolute Gasteiger partial charge is 0.314 e. The van der Waals surface area contributed by atoms with Crippen molar-refractivity contribution in [3.05, 3.63) is 11.6 Å². The number of nitrogens with one attached hydrogen (secondary N) is 1. The highest BCUT2D eigenvalue weighted by Gasteiger charge is 2.30. The molecule has 0 aromatic carbocycles. The smallest absolute Gasteiger partial charge is 0.0190 e. The number of nitrogens with zero attached hydrogens (tertiary/aromatic N) is 1. The summed E-state index contributed by atoms with van der Waals surface area (Å²) in [5.41, 5.74) is 2.45. The fourth-order valence-corrected chi connectivity index (χ4v) is 3.82. The van der Waals surface area contributed by atoms with E-state index in [-0.39, 0.29) is 0 Å². The van der Waals surface area contributed by atoms with Crippen LogP contribution in [0.2, 0.25) is 0 Å². The molecule has 1 saturated carbocycles. The number of rotatable bonds is 4. The molecule has 2 rings (SSSR count). The van der Waals surface area contributed by atoms with Crippen molar-refractivity contribution in [2.75, 3.05) is 26.7 Å². The molecule has 1 fully saturated rings. The summed E-state index contributed by atoms with van der Waals surface area (Å²) in [7, 11) is 2.17. The molecule has 1 aliphatic carbocycles. The van der Waals surface area contributed by atoms with Crippen LogP contribution in [0.5, 0.6) is 0 Å². The van der Waals surface area contributed by atoms with Crippen molar-refractivity contribution >= 4 is 0 Å². The summed E-state index contributed by atoms with van der Waals surface area (Å²) in [6.45, 7) is 10.7. The van der Waals surface area contributed by atoms with E-state index in [1.807, 2.05) is 0 Å². The Bertz CT molecular complexity index is 332. The van der Waals surface area contributed by atoms with Gasteiger partial charge in [-0.15, -0.1) is 0 Å². The van der Waals surface area contributed by atoms with E-state index >= 15 is 0 Å².